The molecule has 0 atom stereocenters. The molecule has 0 bridgehead atoms. The molecule has 2 aromatic heterocycles. The van der Waals surface area contributed by atoms with Gasteiger partial charge >= 0.3 is 0 Å². The summed E-state index contributed by atoms with van der Waals surface area (Å²) in [5.41, 5.74) is 5.70. The van der Waals surface area contributed by atoms with Gasteiger partial charge in [0.1, 0.15) is 5.75 Å². The van der Waals surface area contributed by atoms with Gasteiger partial charge in [-0.1, -0.05) is 36.0 Å². The third-order valence-electron chi connectivity index (χ3n) is 6.40. The van der Waals surface area contributed by atoms with Gasteiger partial charge in [-0.25, -0.2) is 4.98 Å². The number of carbonyl (C=O) groups excluding carboxylic acids is 1. The first-order valence-corrected chi connectivity index (χ1v) is 12.9. The number of rotatable bonds is 7. The summed E-state index contributed by atoms with van der Waals surface area (Å²) < 4.78 is 8.94. The van der Waals surface area contributed by atoms with Crippen LogP contribution in [0.3, 0.4) is 0 Å². The van der Waals surface area contributed by atoms with Crippen molar-refractivity contribution >= 4 is 28.4 Å². The summed E-state index contributed by atoms with van der Waals surface area (Å²) in [5, 5.41) is 1.04. The summed E-state index contributed by atoms with van der Waals surface area (Å²) >= 11 is 1.28. The number of Topliss-reactive ketones (excluding diaryl/α,β-unsaturated/α-hetero) is 1. The van der Waals surface area contributed by atoms with Gasteiger partial charge in [0, 0.05) is 22.6 Å². The standard InChI is InChI=1S/C30H27N3O3S/c1-19-8-7-9-23(16-19)33-29(35)25-10-5-6-11-27(25)31-30(33)37-18-28(34)26-17-20(2)32(21(26)3)22-12-14-24(36-4)15-13-22/h5-17H,18H2,1-4H3. The highest BCUT2D eigenvalue weighted by Crippen LogP contribution is 2.26. The van der Waals surface area contributed by atoms with Gasteiger partial charge in [0.05, 0.1) is 29.5 Å². The molecule has 0 aliphatic carbocycles. The molecule has 5 rings (SSSR count). The third kappa shape index (κ3) is 4.70. The summed E-state index contributed by atoms with van der Waals surface area (Å²) in [6, 6.07) is 24.7. The second-order valence-corrected chi connectivity index (χ2v) is 9.86. The van der Waals surface area contributed by atoms with E-state index in [1.807, 2.05) is 93.6 Å². The highest BCUT2D eigenvalue weighted by atomic mass is 32.2. The molecule has 5 aromatic rings. The highest BCUT2D eigenvalue weighted by Gasteiger charge is 2.19. The minimum atomic E-state index is -0.149. The molecule has 7 heteroatoms. The van der Waals surface area contributed by atoms with Gasteiger partial charge in [-0.05, 0) is 80.9 Å². The topological polar surface area (TPSA) is 66.1 Å². The molecule has 0 spiro atoms. The number of benzene rings is 3. The molecule has 0 amide bonds. The molecule has 0 saturated heterocycles. The zero-order chi connectivity index (χ0) is 26.1. The molecule has 2 heterocycles. The van der Waals surface area contributed by atoms with E-state index < -0.39 is 0 Å². The predicted molar refractivity (Wildman–Crippen MR) is 149 cm³/mol. The van der Waals surface area contributed by atoms with Crippen molar-refractivity contribution in [2.24, 2.45) is 0 Å². The van der Waals surface area contributed by atoms with E-state index in [2.05, 4.69) is 4.57 Å². The minimum Gasteiger partial charge on any atom is -0.497 e. The van der Waals surface area contributed by atoms with Crippen LogP contribution in [0, 0.1) is 20.8 Å². The van der Waals surface area contributed by atoms with Crippen LogP contribution in [0.4, 0.5) is 0 Å². The van der Waals surface area contributed by atoms with E-state index in [1.54, 1.807) is 17.7 Å². The van der Waals surface area contributed by atoms with Crippen LogP contribution in [0.25, 0.3) is 22.3 Å². The maximum atomic E-state index is 13.5. The Morgan fingerprint density at radius 1 is 0.892 bits per heavy atom. The molecule has 0 N–H and O–H groups in total. The number of para-hydroxylation sites is 1. The van der Waals surface area contributed by atoms with Crippen LogP contribution in [0.2, 0.25) is 0 Å². The van der Waals surface area contributed by atoms with Crippen LogP contribution in [0.5, 0.6) is 5.75 Å². The first kappa shape index (κ1) is 24.6. The number of nitrogens with zero attached hydrogens (tertiary/aromatic N) is 3. The highest BCUT2D eigenvalue weighted by molar-refractivity contribution is 7.99. The lowest BCUT2D eigenvalue weighted by atomic mass is 10.2. The van der Waals surface area contributed by atoms with Gasteiger partial charge in [-0.15, -0.1) is 0 Å². The van der Waals surface area contributed by atoms with Crippen LogP contribution >= 0.6 is 11.8 Å². The molecule has 0 aliphatic heterocycles. The minimum absolute atomic E-state index is 0.0175. The molecule has 0 unspecified atom stereocenters. The molecule has 0 fully saturated rings. The van der Waals surface area contributed by atoms with Crippen molar-refractivity contribution < 1.29 is 9.53 Å². The maximum Gasteiger partial charge on any atom is 0.266 e. The average molecular weight is 510 g/mol. The lowest BCUT2D eigenvalue weighted by Crippen LogP contribution is -2.22. The Bertz CT molecular complexity index is 1680. The number of methoxy groups -OCH3 is 1. The Morgan fingerprint density at radius 2 is 1.65 bits per heavy atom. The Hall–Kier alpha value is -4.10. The molecular weight excluding hydrogens is 482 g/mol. The van der Waals surface area contributed by atoms with E-state index in [0.29, 0.717) is 21.6 Å². The van der Waals surface area contributed by atoms with Crippen LogP contribution < -0.4 is 10.3 Å². The van der Waals surface area contributed by atoms with Crippen LogP contribution in [-0.4, -0.2) is 32.8 Å². The second kappa shape index (κ2) is 10.1. The number of ether oxygens (including phenoxy) is 1. The normalized spacial score (nSPS) is 11.1. The van der Waals surface area contributed by atoms with Crippen molar-refractivity contribution in [3.63, 3.8) is 0 Å². The van der Waals surface area contributed by atoms with Crippen molar-refractivity contribution in [3.8, 4) is 17.1 Å². The Kier molecular flexibility index (Phi) is 6.72. The summed E-state index contributed by atoms with van der Waals surface area (Å²) in [7, 11) is 1.64. The Labute approximate surface area is 219 Å². The van der Waals surface area contributed by atoms with Gasteiger partial charge in [0.25, 0.3) is 5.56 Å². The largest absolute Gasteiger partial charge is 0.497 e. The molecule has 37 heavy (non-hydrogen) atoms. The van der Waals surface area contributed by atoms with Gasteiger partial charge in [-0.2, -0.15) is 0 Å². The van der Waals surface area contributed by atoms with E-state index in [-0.39, 0.29) is 17.1 Å². The van der Waals surface area contributed by atoms with Gasteiger partial charge in [-0.3, -0.25) is 14.2 Å². The van der Waals surface area contributed by atoms with Crippen LogP contribution in [0.1, 0.15) is 27.3 Å². The van der Waals surface area contributed by atoms with Crippen LogP contribution in [0.15, 0.2) is 88.8 Å². The number of carbonyl (C=O) groups is 1. The van der Waals surface area contributed by atoms with Crippen molar-refractivity contribution in [2.45, 2.75) is 25.9 Å². The van der Waals surface area contributed by atoms with E-state index in [4.69, 9.17) is 9.72 Å². The van der Waals surface area contributed by atoms with E-state index in [9.17, 15) is 9.59 Å². The number of hydrogen-bond donors (Lipinski definition) is 0. The molecule has 0 aliphatic rings. The fourth-order valence-corrected chi connectivity index (χ4v) is 5.48. The molecule has 3 aromatic carbocycles. The maximum absolute atomic E-state index is 13.5. The number of hydrogen-bond acceptors (Lipinski definition) is 5. The zero-order valence-corrected chi connectivity index (χ0v) is 22.0. The third-order valence-corrected chi connectivity index (χ3v) is 7.34. The second-order valence-electron chi connectivity index (χ2n) is 8.92. The predicted octanol–water partition coefficient (Wildman–Crippen LogP) is 6.09. The number of aryl methyl sites for hydroxylation is 2. The van der Waals surface area contributed by atoms with E-state index in [1.165, 1.54) is 11.8 Å². The zero-order valence-electron chi connectivity index (χ0n) is 21.2. The van der Waals surface area contributed by atoms with Crippen molar-refractivity contribution in [3.05, 3.63) is 112 Å². The number of ketones is 1. The lowest BCUT2D eigenvalue weighted by Gasteiger charge is -2.14. The van der Waals surface area contributed by atoms with E-state index >= 15 is 0 Å². The van der Waals surface area contributed by atoms with Crippen molar-refractivity contribution in [2.75, 3.05) is 12.9 Å². The van der Waals surface area contributed by atoms with Crippen LogP contribution in [-0.2, 0) is 0 Å². The fourth-order valence-electron chi connectivity index (χ4n) is 4.59. The lowest BCUT2D eigenvalue weighted by molar-refractivity contribution is 0.102. The summed E-state index contributed by atoms with van der Waals surface area (Å²) in [6.45, 7) is 5.92. The average Bonchev–Trinajstić information content (AvgIpc) is 3.21. The van der Waals surface area contributed by atoms with Gasteiger partial charge < -0.3 is 9.30 Å². The number of fused-ring (bicyclic) bond motifs is 1. The smallest absolute Gasteiger partial charge is 0.266 e. The summed E-state index contributed by atoms with van der Waals surface area (Å²) in [6.07, 6.45) is 0. The van der Waals surface area contributed by atoms with Crippen molar-refractivity contribution in [1.82, 2.24) is 14.1 Å². The Balaban J connectivity index is 1.49. The monoisotopic (exact) mass is 509 g/mol. The Morgan fingerprint density at radius 3 is 2.38 bits per heavy atom. The van der Waals surface area contributed by atoms with Gasteiger partial charge in [0.15, 0.2) is 10.9 Å². The molecule has 6 nitrogen and oxygen atoms in total. The first-order valence-electron chi connectivity index (χ1n) is 12.0. The first-order chi connectivity index (χ1) is 17.9. The molecular formula is C30H27N3O3S. The quantitative estimate of drug-likeness (QED) is 0.151. The SMILES string of the molecule is COc1ccc(-n2c(C)cc(C(=O)CSc3nc4ccccc4c(=O)n3-c3cccc(C)c3)c2C)cc1. The van der Waals surface area contributed by atoms with E-state index in [0.717, 1.165) is 34.1 Å². The molecule has 0 saturated carbocycles. The molecule has 0 radical (unpaired) electrons. The van der Waals surface area contributed by atoms with Crippen molar-refractivity contribution in [1.29, 1.82) is 0 Å². The number of thioether (sulfide) groups is 1. The molecule has 186 valence electrons. The fraction of sp³-hybridized carbons (Fsp3) is 0.167. The number of aromatic nitrogens is 3. The summed E-state index contributed by atoms with van der Waals surface area (Å²) in [5.74, 6) is 0.918. The summed E-state index contributed by atoms with van der Waals surface area (Å²) in [4.78, 5) is 31.7. The van der Waals surface area contributed by atoms with Gasteiger partial charge in [0.2, 0.25) is 0 Å².